The predicted molar refractivity (Wildman–Crippen MR) is 153 cm³/mol. The number of hydrogen-bond donors (Lipinski definition) is 0. The number of rotatable bonds is 4. The Bertz CT molecular complexity index is 1390. The van der Waals surface area contributed by atoms with Gasteiger partial charge in [-0.25, -0.2) is 0 Å². The largest absolute Gasteiger partial charge is 3.00 e. The number of aromatic nitrogens is 2. The van der Waals surface area contributed by atoms with Gasteiger partial charge in [0, 0.05) is 13.2 Å². The number of hydrogen-bond acceptors (Lipinski definition) is 1. The van der Waals surface area contributed by atoms with Gasteiger partial charge in [-0.1, -0.05) is 78.9 Å². The van der Waals surface area contributed by atoms with E-state index in [-0.39, 0.29) is 20.1 Å². The molecular formula is C33H32IrN2Si+. The van der Waals surface area contributed by atoms with Gasteiger partial charge in [0.15, 0.2) is 0 Å². The molecular weight excluding hydrogens is 645 g/mol. The van der Waals surface area contributed by atoms with Crippen LogP contribution in [-0.4, -0.2) is 13.1 Å². The summed E-state index contributed by atoms with van der Waals surface area (Å²) in [7, 11) is 2.48. The Kier molecular flexibility index (Phi) is 9.77. The van der Waals surface area contributed by atoms with Crippen molar-refractivity contribution in [2.24, 2.45) is 0 Å². The van der Waals surface area contributed by atoms with Crippen LogP contribution in [-0.2, 0) is 20.1 Å². The van der Waals surface area contributed by atoms with Crippen molar-refractivity contribution in [3.8, 4) is 33.6 Å². The Morgan fingerprint density at radius 1 is 0.784 bits per heavy atom. The van der Waals surface area contributed by atoms with Gasteiger partial charge >= 0.3 is 20.1 Å². The quantitative estimate of drug-likeness (QED) is 0.112. The van der Waals surface area contributed by atoms with E-state index in [2.05, 4.69) is 94.3 Å². The van der Waals surface area contributed by atoms with Crippen molar-refractivity contribution < 1.29 is 24.7 Å². The van der Waals surface area contributed by atoms with Crippen LogP contribution in [0.2, 0.25) is 19.6 Å². The molecule has 0 atom stereocenters. The van der Waals surface area contributed by atoms with Crippen LogP contribution >= 0.6 is 0 Å². The Morgan fingerprint density at radius 2 is 1.41 bits per heavy atom. The molecule has 0 amide bonds. The first-order valence-corrected chi connectivity index (χ1v) is 15.7. The van der Waals surface area contributed by atoms with E-state index < -0.39 is 8.07 Å². The van der Waals surface area contributed by atoms with Gasteiger partial charge in [0.25, 0.3) is 0 Å². The molecule has 186 valence electrons. The van der Waals surface area contributed by atoms with Crippen molar-refractivity contribution in [3.63, 3.8) is 0 Å². The Labute approximate surface area is 236 Å². The maximum absolute atomic E-state index is 4.69. The van der Waals surface area contributed by atoms with Crippen LogP contribution in [0.1, 0.15) is 5.56 Å². The number of benzene rings is 3. The molecule has 0 radical (unpaired) electrons. The maximum Gasteiger partial charge on any atom is 3.00 e. The minimum Gasteiger partial charge on any atom is -0.321 e. The molecule has 0 spiro atoms. The number of nitrogens with zero attached hydrogens (tertiary/aromatic N) is 2. The first kappa shape index (κ1) is 28.3. The zero-order valence-corrected chi connectivity index (χ0v) is 25.2. The molecule has 2 aromatic heterocycles. The van der Waals surface area contributed by atoms with Crippen molar-refractivity contribution in [1.29, 1.82) is 0 Å². The second kappa shape index (κ2) is 12.8. The molecule has 0 fully saturated rings. The number of pyridine rings is 2. The van der Waals surface area contributed by atoms with Gasteiger partial charge in [-0.05, 0) is 29.3 Å². The fourth-order valence-corrected chi connectivity index (χ4v) is 5.79. The summed E-state index contributed by atoms with van der Waals surface area (Å²) < 4.78 is 1.88. The zero-order valence-electron chi connectivity index (χ0n) is 21.8. The molecule has 0 aliphatic carbocycles. The standard InChI is InChI=1S/C20H20NSi.C13H12N.Ir/c1-22(2,3)20-14-19(17-12-8-5-9-13-17)21-15-18(20)16-10-6-4-7-11-16;1-11-7-6-10-14(2)13(11)12-8-4-3-5-9-12;/h4-12,14-15H,1-3H3;3-8,10H,2H2,1H3;/q2*-1;+3. The molecule has 0 aliphatic heterocycles. The Morgan fingerprint density at radius 3 is 1.97 bits per heavy atom. The topological polar surface area (TPSA) is 16.8 Å². The van der Waals surface area contributed by atoms with E-state index in [4.69, 9.17) is 4.98 Å². The van der Waals surface area contributed by atoms with E-state index in [0.717, 1.165) is 22.5 Å². The van der Waals surface area contributed by atoms with Gasteiger partial charge < -0.3 is 9.55 Å². The van der Waals surface area contributed by atoms with E-state index in [1.807, 2.05) is 65.5 Å². The molecule has 0 bridgehead atoms. The van der Waals surface area contributed by atoms with Crippen LogP contribution in [0.4, 0.5) is 0 Å². The second-order valence-electron chi connectivity index (χ2n) is 9.79. The van der Waals surface area contributed by atoms with Crippen LogP contribution in [0.15, 0.2) is 109 Å². The summed E-state index contributed by atoms with van der Waals surface area (Å²) in [6, 6.07) is 39.3. The minimum atomic E-state index is -1.48. The molecule has 4 heteroatoms. The van der Waals surface area contributed by atoms with Crippen molar-refractivity contribution in [2.75, 3.05) is 0 Å². The summed E-state index contributed by atoms with van der Waals surface area (Å²) in [5.74, 6) is 0. The SMILES string of the molecule is C[Si](C)(C)c1cc(-c2[c-]cccc2)ncc1-c1ccccc1.[CH2-][n+]1cccc(C)c1-c1[c-]cccc1.[Ir+3]. The smallest absolute Gasteiger partial charge is 0.321 e. The van der Waals surface area contributed by atoms with Crippen LogP contribution in [0, 0.1) is 26.1 Å². The van der Waals surface area contributed by atoms with Gasteiger partial charge in [0.05, 0.1) is 14.3 Å². The molecule has 2 heterocycles. The second-order valence-corrected chi connectivity index (χ2v) is 14.8. The van der Waals surface area contributed by atoms with Gasteiger partial charge in [-0.3, -0.25) is 0 Å². The summed E-state index contributed by atoms with van der Waals surface area (Å²) in [5.41, 5.74) is 7.99. The molecule has 0 saturated heterocycles. The van der Waals surface area contributed by atoms with Gasteiger partial charge in [0.1, 0.15) is 5.69 Å². The van der Waals surface area contributed by atoms with Crippen LogP contribution < -0.4 is 9.75 Å². The van der Waals surface area contributed by atoms with E-state index in [0.29, 0.717) is 0 Å². The fourth-order valence-electron chi connectivity index (χ4n) is 4.20. The fraction of sp³-hybridized carbons (Fsp3) is 0.121. The van der Waals surface area contributed by atoms with Gasteiger partial charge in [-0.15, -0.1) is 66.2 Å². The van der Waals surface area contributed by atoms with Gasteiger partial charge in [-0.2, -0.15) is 0 Å². The molecule has 0 N–H and O–H groups in total. The van der Waals surface area contributed by atoms with Crippen LogP contribution in [0.5, 0.6) is 0 Å². The predicted octanol–water partition coefficient (Wildman–Crippen LogP) is 7.15. The van der Waals surface area contributed by atoms with Crippen molar-refractivity contribution >= 4 is 13.3 Å². The molecule has 0 aliphatic rings. The van der Waals surface area contributed by atoms with Crippen LogP contribution in [0.3, 0.4) is 0 Å². The molecule has 0 saturated carbocycles. The van der Waals surface area contributed by atoms with E-state index in [9.17, 15) is 0 Å². The van der Waals surface area contributed by atoms with Crippen molar-refractivity contribution in [2.45, 2.75) is 26.6 Å². The summed E-state index contributed by atoms with van der Waals surface area (Å²) >= 11 is 0. The summed E-state index contributed by atoms with van der Waals surface area (Å²) in [6.45, 7) is 9.23. The maximum atomic E-state index is 4.69. The third-order valence-corrected chi connectivity index (χ3v) is 8.05. The summed E-state index contributed by atoms with van der Waals surface area (Å²) in [6.07, 6.45) is 3.97. The van der Waals surface area contributed by atoms with E-state index in [1.165, 1.54) is 21.9 Å². The van der Waals surface area contributed by atoms with E-state index in [1.54, 1.807) is 0 Å². The third kappa shape index (κ3) is 7.14. The minimum absolute atomic E-state index is 0. The normalized spacial score (nSPS) is 10.6. The third-order valence-electron chi connectivity index (χ3n) is 6.02. The molecule has 5 rings (SSSR count). The summed E-state index contributed by atoms with van der Waals surface area (Å²) in [4.78, 5) is 4.69. The monoisotopic (exact) mass is 677 g/mol. The molecule has 3 aromatic carbocycles. The van der Waals surface area contributed by atoms with Crippen molar-refractivity contribution in [3.05, 3.63) is 134 Å². The molecule has 5 aromatic rings. The average Bonchev–Trinajstić information content (AvgIpc) is 2.90. The first-order valence-electron chi connectivity index (χ1n) is 12.2. The Hall–Kier alpha value is -3.30. The molecule has 0 unspecified atom stereocenters. The van der Waals surface area contributed by atoms with Gasteiger partial charge in [0.2, 0.25) is 0 Å². The number of aryl methyl sites for hydroxylation is 1. The molecule has 2 nitrogen and oxygen atoms in total. The first-order chi connectivity index (χ1) is 17.3. The van der Waals surface area contributed by atoms with Crippen molar-refractivity contribution in [1.82, 2.24) is 4.98 Å². The zero-order chi connectivity index (χ0) is 25.5. The van der Waals surface area contributed by atoms with E-state index >= 15 is 0 Å². The summed E-state index contributed by atoms with van der Waals surface area (Å²) in [5, 5.41) is 1.45. The average molecular weight is 677 g/mol. The molecule has 37 heavy (non-hydrogen) atoms. The Balaban J connectivity index is 0.000000220. The van der Waals surface area contributed by atoms with Crippen LogP contribution in [0.25, 0.3) is 33.6 Å².